The van der Waals surface area contributed by atoms with Gasteiger partial charge in [0.15, 0.2) is 0 Å². The number of carbonyl (C=O) groups excluding carboxylic acids is 1. The third-order valence-electron chi connectivity index (χ3n) is 5.10. The van der Waals surface area contributed by atoms with Gasteiger partial charge in [-0.15, -0.1) is 11.8 Å². The number of carbonyl (C=O) groups is 1. The predicted molar refractivity (Wildman–Crippen MR) is 111 cm³/mol. The zero-order valence-corrected chi connectivity index (χ0v) is 17.3. The van der Waals surface area contributed by atoms with Crippen LogP contribution in [-0.2, 0) is 21.4 Å². The molecule has 6 nitrogen and oxygen atoms in total. The summed E-state index contributed by atoms with van der Waals surface area (Å²) in [5, 5.41) is 2.63. The molecule has 0 radical (unpaired) electrons. The summed E-state index contributed by atoms with van der Waals surface area (Å²) in [6.45, 7) is 4.98. The van der Waals surface area contributed by atoms with Crippen molar-refractivity contribution < 1.29 is 13.2 Å². The van der Waals surface area contributed by atoms with E-state index in [1.54, 1.807) is 18.2 Å². The number of rotatable bonds is 4. The molecule has 148 valence electrons. The van der Waals surface area contributed by atoms with Crippen LogP contribution in [0.4, 0.5) is 5.69 Å². The van der Waals surface area contributed by atoms with E-state index in [1.807, 2.05) is 25.1 Å². The molecule has 1 atom stereocenters. The molecular formula is C20H23N3O3S2. The Morgan fingerprint density at radius 2 is 1.79 bits per heavy atom. The molecule has 2 heterocycles. The van der Waals surface area contributed by atoms with Gasteiger partial charge in [0.25, 0.3) is 0 Å². The Hall–Kier alpha value is -1.87. The van der Waals surface area contributed by atoms with Crippen molar-refractivity contribution in [3.63, 3.8) is 0 Å². The molecule has 1 fully saturated rings. The summed E-state index contributed by atoms with van der Waals surface area (Å²) < 4.78 is 27.7. The van der Waals surface area contributed by atoms with E-state index in [2.05, 4.69) is 22.3 Å². The van der Waals surface area contributed by atoms with Crippen LogP contribution in [0, 0.1) is 0 Å². The second kappa shape index (κ2) is 7.87. The number of sulfonamides is 1. The lowest BCUT2D eigenvalue weighted by molar-refractivity contribution is -0.115. The SMILES string of the molecule is C[C@@H]1Sc2ccc(S(=O)(=O)N3CCN(Cc4ccccc4)CC3)cc2NC1=O. The summed E-state index contributed by atoms with van der Waals surface area (Å²) in [5.74, 6) is -0.0958. The second-order valence-corrected chi connectivity index (χ2v) is 10.4. The second-order valence-electron chi connectivity index (χ2n) is 7.07. The van der Waals surface area contributed by atoms with E-state index in [-0.39, 0.29) is 16.1 Å². The molecule has 1 amide bonds. The largest absolute Gasteiger partial charge is 0.324 e. The number of fused-ring (bicyclic) bond motifs is 1. The number of amides is 1. The third kappa shape index (κ3) is 3.96. The average molecular weight is 418 g/mol. The predicted octanol–water partition coefficient (Wildman–Crippen LogP) is 2.63. The van der Waals surface area contributed by atoms with Crippen molar-refractivity contribution in [2.45, 2.75) is 28.5 Å². The highest BCUT2D eigenvalue weighted by Gasteiger charge is 2.30. The zero-order chi connectivity index (χ0) is 19.7. The molecule has 2 aliphatic heterocycles. The molecule has 1 saturated heterocycles. The van der Waals surface area contributed by atoms with Gasteiger partial charge in [-0.25, -0.2) is 8.42 Å². The summed E-state index contributed by atoms with van der Waals surface area (Å²) in [6, 6.07) is 15.2. The Morgan fingerprint density at radius 3 is 2.50 bits per heavy atom. The van der Waals surface area contributed by atoms with Gasteiger partial charge in [0.2, 0.25) is 15.9 Å². The number of piperazine rings is 1. The molecule has 0 spiro atoms. The van der Waals surface area contributed by atoms with Crippen LogP contribution in [0.5, 0.6) is 0 Å². The summed E-state index contributed by atoms with van der Waals surface area (Å²) >= 11 is 1.45. The third-order valence-corrected chi connectivity index (χ3v) is 8.17. The van der Waals surface area contributed by atoms with E-state index in [4.69, 9.17) is 0 Å². The summed E-state index contributed by atoms with van der Waals surface area (Å²) in [4.78, 5) is 15.3. The first-order valence-corrected chi connectivity index (χ1v) is 11.6. The van der Waals surface area contributed by atoms with Crippen molar-refractivity contribution in [1.82, 2.24) is 9.21 Å². The van der Waals surface area contributed by atoms with Crippen LogP contribution in [0.3, 0.4) is 0 Å². The monoisotopic (exact) mass is 417 g/mol. The quantitative estimate of drug-likeness (QED) is 0.828. The van der Waals surface area contributed by atoms with Crippen LogP contribution in [0.1, 0.15) is 12.5 Å². The Kier molecular flexibility index (Phi) is 5.46. The number of nitrogens with zero attached hydrogens (tertiary/aromatic N) is 2. The van der Waals surface area contributed by atoms with E-state index >= 15 is 0 Å². The van der Waals surface area contributed by atoms with Crippen molar-refractivity contribution in [3.8, 4) is 0 Å². The molecule has 0 aliphatic carbocycles. The normalized spacial score (nSPS) is 21.2. The van der Waals surface area contributed by atoms with Gasteiger partial charge in [-0.2, -0.15) is 4.31 Å². The number of anilines is 1. The highest BCUT2D eigenvalue weighted by molar-refractivity contribution is 8.01. The number of benzene rings is 2. The zero-order valence-electron chi connectivity index (χ0n) is 15.7. The molecule has 1 N–H and O–H groups in total. The smallest absolute Gasteiger partial charge is 0.243 e. The topological polar surface area (TPSA) is 69.7 Å². The van der Waals surface area contributed by atoms with Gasteiger partial charge in [0, 0.05) is 37.6 Å². The number of hydrogen-bond donors (Lipinski definition) is 1. The van der Waals surface area contributed by atoms with Crippen LogP contribution < -0.4 is 5.32 Å². The number of hydrogen-bond acceptors (Lipinski definition) is 5. The molecular weight excluding hydrogens is 394 g/mol. The molecule has 0 unspecified atom stereocenters. The van der Waals surface area contributed by atoms with Gasteiger partial charge in [-0.1, -0.05) is 30.3 Å². The molecule has 4 rings (SSSR count). The van der Waals surface area contributed by atoms with Crippen molar-refractivity contribution in [2.24, 2.45) is 0 Å². The minimum atomic E-state index is -3.58. The molecule has 8 heteroatoms. The minimum Gasteiger partial charge on any atom is -0.324 e. The van der Waals surface area contributed by atoms with Gasteiger partial charge < -0.3 is 5.32 Å². The average Bonchev–Trinajstić information content (AvgIpc) is 2.70. The lowest BCUT2D eigenvalue weighted by Crippen LogP contribution is -2.48. The van der Waals surface area contributed by atoms with Gasteiger partial charge in [-0.05, 0) is 30.7 Å². The lowest BCUT2D eigenvalue weighted by Gasteiger charge is -2.34. The van der Waals surface area contributed by atoms with Crippen LogP contribution >= 0.6 is 11.8 Å². The first kappa shape index (κ1) is 19.4. The fourth-order valence-corrected chi connectivity index (χ4v) is 5.85. The maximum atomic E-state index is 13.1. The van der Waals surface area contributed by atoms with Crippen molar-refractivity contribution in [1.29, 1.82) is 0 Å². The standard InChI is InChI=1S/C20H23N3O3S2/c1-15-20(24)21-18-13-17(7-8-19(18)27-15)28(25,26)23-11-9-22(10-12-23)14-16-5-3-2-4-6-16/h2-8,13,15H,9-12,14H2,1H3,(H,21,24)/t15-/m0/s1. The molecule has 28 heavy (non-hydrogen) atoms. The maximum Gasteiger partial charge on any atom is 0.243 e. The van der Waals surface area contributed by atoms with Crippen LogP contribution in [-0.4, -0.2) is 55.0 Å². The van der Waals surface area contributed by atoms with E-state index in [0.29, 0.717) is 31.9 Å². The molecule has 0 bridgehead atoms. The van der Waals surface area contributed by atoms with Gasteiger partial charge >= 0.3 is 0 Å². The van der Waals surface area contributed by atoms with E-state index < -0.39 is 10.0 Å². The van der Waals surface area contributed by atoms with Gasteiger partial charge in [-0.3, -0.25) is 9.69 Å². The molecule has 0 saturated carbocycles. The first-order chi connectivity index (χ1) is 13.4. The molecule has 0 aromatic heterocycles. The summed E-state index contributed by atoms with van der Waals surface area (Å²) in [5.41, 5.74) is 1.81. The Bertz CT molecular complexity index is 971. The van der Waals surface area contributed by atoms with E-state index in [0.717, 1.165) is 11.4 Å². The summed E-state index contributed by atoms with van der Waals surface area (Å²) in [7, 11) is -3.58. The fraction of sp³-hybridized carbons (Fsp3) is 0.350. The Labute approximate surface area is 170 Å². The van der Waals surface area contributed by atoms with Crippen LogP contribution in [0.25, 0.3) is 0 Å². The summed E-state index contributed by atoms with van der Waals surface area (Å²) in [6.07, 6.45) is 0. The lowest BCUT2D eigenvalue weighted by atomic mass is 10.2. The van der Waals surface area contributed by atoms with E-state index in [1.165, 1.54) is 21.6 Å². The molecule has 2 aromatic carbocycles. The number of thioether (sulfide) groups is 1. The van der Waals surface area contributed by atoms with E-state index in [9.17, 15) is 13.2 Å². The van der Waals surface area contributed by atoms with Crippen molar-refractivity contribution in [3.05, 3.63) is 54.1 Å². The van der Waals surface area contributed by atoms with Crippen LogP contribution in [0.2, 0.25) is 0 Å². The molecule has 2 aromatic rings. The highest BCUT2D eigenvalue weighted by atomic mass is 32.2. The molecule has 2 aliphatic rings. The van der Waals surface area contributed by atoms with Crippen molar-refractivity contribution >= 4 is 33.4 Å². The van der Waals surface area contributed by atoms with Crippen LogP contribution in [0.15, 0.2) is 58.3 Å². The van der Waals surface area contributed by atoms with Gasteiger partial charge in [0.05, 0.1) is 15.8 Å². The minimum absolute atomic E-state index is 0.0958. The first-order valence-electron chi connectivity index (χ1n) is 9.31. The van der Waals surface area contributed by atoms with Crippen molar-refractivity contribution in [2.75, 3.05) is 31.5 Å². The Balaban J connectivity index is 1.45. The number of nitrogens with one attached hydrogen (secondary N) is 1. The van der Waals surface area contributed by atoms with Gasteiger partial charge in [0.1, 0.15) is 0 Å². The Morgan fingerprint density at radius 1 is 1.07 bits per heavy atom. The fourth-order valence-electron chi connectivity index (χ4n) is 3.47. The maximum absolute atomic E-state index is 13.1. The highest BCUT2D eigenvalue weighted by Crippen LogP contribution is 2.37.